The number of likely N-dealkylation sites (tertiary alicyclic amines) is 1. The predicted molar refractivity (Wildman–Crippen MR) is 365 cm³/mol. The van der Waals surface area contributed by atoms with E-state index in [-0.39, 0.29) is 65.2 Å². The highest BCUT2D eigenvalue weighted by Gasteiger charge is 2.36. The van der Waals surface area contributed by atoms with Crippen LogP contribution in [0.3, 0.4) is 0 Å². The van der Waals surface area contributed by atoms with Gasteiger partial charge in [-0.1, -0.05) is 150 Å². The van der Waals surface area contributed by atoms with Crippen LogP contribution in [0.15, 0.2) is 0 Å². The van der Waals surface area contributed by atoms with Crippen molar-refractivity contribution in [3.05, 3.63) is 0 Å². The molecule has 1 fully saturated rings. The summed E-state index contributed by atoms with van der Waals surface area (Å²) in [5.74, 6) is 1.27. The molecule has 1 N–H and O–H groups in total. The zero-order valence-corrected chi connectivity index (χ0v) is 65.1. The molecule has 0 aromatic heterocycles. The van der Waals surface area contributed by atoms with Crippen LogP contribution in [0.5, 0.6) is 0 Å². The number of esters is 1. The van der Waals surface area contributed by atoms with Gasteiger partial charge in [0.15, 0.2) is 5.12 Å². The van der Waals surface area contributed by atoms with Crippen molar-refractivity contribution in [2.45, 2.75) is 356 Å². The van der Waals surface area contributed by atoms with Crippen LogP contribution in [0.2, 0.25) is 0 Å². The Morgan fingerprint density at radius 3 is 0.857 bits per heavy atom. The van der Waals surface area contributed by atoms with Crippen LogP contribution in [0.4, 0.5) is 0 Å². The predicted octanol–water partition coefficient (Wildman–Crippen LogP) is 15.9. The van der Waals surface area contributed by atoms with Gasteiger partial charge >= 0.3 is 5.97 Å². The number of nitrogens with zero attached hydrogens (tertiary/aromatic N) is 2. The monoisotopic (exact) mass is 1300 g/mol. The van der Waals surface area contributed by atoms with Gasteiger partial charge in [0.05, 0.1) is 34.7 Å². The molecule has 0 aliphatic carbocycles. The average molecular weight is 1310 g/mol. The number of carbonyl (C=O) groups is 4. The summed E-state index contributed by atoms with van der Waals surface area (Å²) >= 11 is 1.42. The third-order valence-corrected chi connectivity index (χ3v) is 20.8. The zero-order valence-electron chi connectivity index (χ0n) is 61.0. The Hall–Kier alpha value is -1.25. The molecule has 0 aromatic rings. The Balaban J connectivity index is -0.000000129. The van der Waals surface area contributed by atoms with Crippen molar-refractivity contribution in [3.63, 3.8) is 0 Å². The van der Waals surface area contributed by atoms with E-state index in [0.717, 1.165) is 0 Å². The molecule has 0 saturated carbocycles. The van der Waals surface area contributed by atoms with Gasteiger partial charge in [0.1, 0.15) is 5.78 Å². The quantitative estimate of drug-likeness (QED) is 0.0679. The van der Waals surface area contributed by atoms with E-state index in [1.807, 2.05) is 130 Å². The maximum absolute atomic E-state index is 11.5. The lowest BCUT2D eigenvalue weighted by Crippen LogP contribution is -2.56. The van der Waals surface area contributed by atoms with E-state index in [1.165, 1.54) is 18.2 Å². The topological polar surface area (TPSA) is 225 Å². The Morgan fingerprint density at radius 2 is 0.798 bits per heavy atom. The van der Waals surface area contributed by atoms with Crippen LogP contribution in [0.25, 0.3) is 0 Å². The highest BCUT2D eigenvalue weighted by Crippen LogP contribution is 2.50. The summed E-state index contributed by atoms with van der Waals surface area (Å²) in [4.78, 5) is 57.7. The van der Waals surface area contributed by atoms with E-state index in [1.54, 1.807) is 83.1 Å². The maximum Gasteiger partial charge on any atom is 0.308 e. The lowest BCUT2D eigenvalue weighted by atomic mass is 9.94. The number of Topliss-reactive ketones (excluding diaryl/α,β-unsaturated/α-hetero) is 1. The molecule has 1 saturated heterocycles. The van der Waals surface area contributed by atoms with Crippen molar-refractivity contribution >= 4 is 72.9 Å². The van der Waals surface area contributed by atoms with Crippen molar-refractivity contribution in [2.75, 3.05) is 0 Å². The van der Waals surface area contributed by atoms with E-state index in [9.17, 15) is 49.7 Å². The van der Waals surface area contributed by atoms with E-state index in [2.05, 4.69) is 68.7 Å². The van der Waals surface area contributed by atoms with Gasteiger partial charge in [-0.25, -0.2) is 0 Å². The number of hydrogen-bond acceptors (Lipinski definition) is 15. The molecule has 1 rings (SSSR count). The van der Waals surface area contributed by atoms with Crippen LogP contribution < -0.4 is 0 Å². The normalized spacial score (nSPS) is 14.4. The Bertz CT molecular complexity index is 1840. The molecule has 21 heteroatoms. The molecule has 2 unspecified atom stereocenters. The number of ketones is 1. The molecule has 0 spiro atoms. The number of carbonyl (C=O) groups excluding carboxylic acids is 4. The smallest absolute Gasteiger partial charge is 0.308 e. The number of rotatable bonds is 20. The molecule has 0 bridgehead atoms. The zero-order chi connectivity index (χ0) is 69.6. The minimum atomic E-state index is -3.30. The third-order valence-electron chi connectivity index (χ3n) is 11.2. The fourth-order valence-electron chi connectivity index (χ4n) is 6.84. The minimum Gasteiger partial charge on any atom is -0.463 e. The molecule has 0 aromatic carbocycles. The van der Waals surface area contributed by atoms with Gasteiger partial charge in [-0.05, 0) is 131 Å². The molecule has 2 atom stereocenters. The summed E-state index contributed by atoms with van der Waals surface area (Å²) < 4.78 is 80.0. The molecule has 16 nitrogen and oxygen atoms in total. The first-order valence-electron chi connectivity index (χ1n) is 30.9. The van der Waals surface area contributed by atoms with Crippen LogP contribution in [-0.4, -0.2) is 145 Å². The van der Waals surface area contributed by atoms with Crippen LogP contribution in [-0.2, 0) is 67.9 Å². The second-order valence-corrected chi connectivity index (χ2v) is 38.0. The van der Waals surface area contributed by atoms with Crippen molar-refractivity contribution in [1.29, 1.82) is 0 Å². The molecule has 1 heterocycles. The van der Waals surface area contributed by atoms with E-state index >= 15 is 0 Å². The number of hydrogen-bond donors (Lipinski definition) is 1. The first kappa shape index (κ1) is 99.0. The average Bonchev–Trinajstić information content (AvgIpc) is 3.28. The van der Waals surface area contributed by atoms with Gasteiger partial charge in [0.2, 0.25) is 13.3 Å². The first-order chi connectivity index (χ1) is 37.3. The molecule has 84 heavy (non-hydrogen) atoms. The molecule has 0 radical (unpaired) electrons. The lowest BCUT2D eigenvalue weighted by molar-refractivity contribution is -0.151. The number of amides is 1. The van der Waals surface area contributed by atoms with Crippen molar-refractivity contribution in [3.8, 4) is 0 Å². The number of ether oxygens (including phenoxy) is 1. The molecule has 1 aliphatic heterocycles. The minimum absolute atomic E-state index is 0.00704. The van der Waals surface area contributed by atoms with Crippen molar-refractivity contribution in [1.82, 2.24) is 9.80 Å². The molecule has 512 valence electrons. The summed E-state index contributed by atoms with van der Waals surface area (Å²) in [6.07, 6.45) is 0.665. The Labute approximate surface area is 527 Å². The van der Waals surface area contributed by atoms with Gasteiger partial charge in [-0.15, -0.1) is 0 Å². The highest BCUT2D eigenvalue weighted by molar-refractivity contribution is 8.14. The number of thioether (sulfide) groups is 1. The lowest BCUT2D eigenvalue weighted by Gasteiger charge is -2.46. The van der Waals surface area contributed by atoms with E-state index in [0.29, 0.717) is 62.8 Å². The summed E-state index contributed by atoms with van der Waals surface area (Å²) in [5.41, 5.74) is -0.199. The maximum atomic E-state index is 11.5. The standard InChI is InChI=1S/C9H17NO.C9H21N.C7H14O2.C7H14OS.C7H14O.2C6H14O3S.C6H15O2P.C6H14OS/c1-6(2)9(11)10-7(3)5-8(10)4;1-7(2)10(8(3)4)9(5)6;2*1-5(2)7(8)9-6(3)4;1-5(2)7(8)6(3)4;2*1-5(2)9-10(7,8)6(3)4;1-5(2)9(7,8)6(3)4;1-5(2)8(7)6(3)4/h6-8H,5H2,1-4H3;7-9H,1-6H3;2*5-6H,1-4H3;5-6H,1-4H3;2*5-6H,1-4H3;5-6H,1-4H3,(H,7,8);5-6H,1-4H3. The largest absolute Gasteiger partial charge is 0.463 e. The first-order valence-corrected chi connectivity index (χ1v) is 37.8. The van der Waals surface area contributed by atoms with Crippen LogP contribution in [0, 0.1) is 29.6 Å². The second-order valence-electron chi connectivity index (χ2n) is 26.2. The molecular formula is C63H137N2O14PS4. The van der Waals surface area contributed by atoms with Crippen LogP contribution >= 0.6 is 19.1 Å². The SMILES string of the molecule is CC(C)C(=O)C(C)C.CC(C)C(=O)N1C(C)CC1C.CC(C)N(C(C)C)C(C)C.CC(C)OC(=O)C(C)C.CC(C)OS(=O)(=O)C(C)C.CC(C)OS(=O)(=O)C(C)C.CC(C)P(=O)(O)C(C)C.CC(C)S(=O)C(C)C.CC(C)SC(=O)C(C)C. The van der Waals surface area contributed by atoms with Crippen LogP contribution in [0.1, 0.15) is 270 Å². The molecular weight excluding hydrogens is 1170 g/mol. The fraction of sp³-hybridized carbons (Fsp3) is 0.937. The van der Waals surface area contributed by atoms with Gasteiger partial charge in [0.25, 0.3) is 20.2 Å². The van der Waals surface area contributed by atoms with Gasteiger partial charge in [-0.2, -0.15) is 16.8 Å². The Morgan fingerprint density at radius 1 is 0.500 bits per heavy atom. The van der Waals surface area contributed by atoms with Crippen molar-refractivity contribution in [2.24, 2.45) is 29.6 Å². The van der Waals surface area contributed by atoms with Gasteiger partial charge in [0, 0.05) is 91.7 Å². The summed E-state index contributed by atoms with van der Waals surface area (Å²) in [7, 11) is -10.1. The van der Waals surface area contributed by atoms with Gasteiger partial charge < -0.3 is 14.5 Å². The molecule has 1 amide bonds. The third kappa shape index (κ3) is 54.9. The Kier molecular flexibility index (Phi) is 59.5. The second kappa shape index (κ2) is 50.5. The fourth-order valence-corrected chi connectivity index (χ4v) is 11.4. The van der Waals surface area contributed by atoms with E-state index in [4.69, 9.17) is 4.74 Å². The van der Waals surface area contributed by atoms with Crippen molar-refractivity contribution < 1.29 is 62.8 Å². The molecule has 1 aliphatic rings. The summed E-state index contributed by atoms with van der Waals surface area (Å²) in [6.45, 7) is 72.8. The van der Waals surface area contributed by atoms with Gasteiger partial charge in [-0.3, -0.25) is 41.2 Å². The summed E-state index contributed by atoms with van der Waals surface area (Å²) in [5, 5.41) is 0.458. The summed E-state index contributed by atoms with van der Waals surface area (Å²) in [6, 6.07) is 2.94. The highest BCUT2D eigenvalue weighted by atomic mass is 32.2. The van der Waals surface area contributed by atoms with E-state index < -0.39 is 48.9 Å².